The molecule has 0 fully saturated rings. The standard InChI is InChI=1S/C16H16N2O2S/c1-16(2,3)20-14(19)10-21-15-12(9-17)8-11-6-4-5-7-13(11)18-15/h4-8H,10H2,1-3H3. The summed E-state index contributed by atoms with van der Waals surface area (Å²) in [6.07, 6.45) is 0. The maximum Gasteiger partial charge on any atom is 0.316 e. The van der Waals surface area contributed by atoms with Crippen molar-refractivity contribution in [3.05, 3.63) is 35.9 Å². The molecular formula is C16H16N2O2S. The van der Waals surface area contributed by atoms with Crippen LogP contribution in [0.5, 0.6) is 0 Å². The Labute approximate surface area is 128 Å². The second-order valence-corrected chi connectivity index (χ2v) is 6.48. The molecule has 0 unspecified atom stereocenters. The summed E-state index contributed by atoms with van der Waals surface area (Å²) in [5.74, 6) is -0.177. The second-order valence-electron chi connectivity index (χ2n) is 5.52. The summed E-state index contributed by atoms with van der Waals surface area (Å²) in [5, 5.41) is 10.7. The molecule has 0 atom stereocenters. The molecule has 21 heavy (non-hydrogen) atoms. The van der Waals surface area contributed by atoms with Crippen molar-refractivity contribution < 1.29 is 9.53 Å². The smallest absolute Gasteiger partial charge is 0.316 e. The number of hydrogen-bond donors (Lipinski definition) is 0. The van der Waals surface area contributed by atoms with Crippen LogP contribution in [0.2, 0.25) is 0 Å². The topological polar surface area (TPSA) is 63.0 Å². The van der Waals surface area contributed by atoms with Crippen LogP contribution in [0.3, 0.4) is 0 Å². The Morgan fingerprint density at radius 2 is 2.10 bits per heavy atom. The second kappa shape index (κ2) is 6.15. The fraction of sp³-hybridized carbons (Fsp3) is 0.312. The van der Waals surface area contributed by atoms with Gasteiger partial charge in [0.2, 0.25) is 0 Å². The third-order valence-corrected chi connectivity index (χ3v) is 3.52. The first kappa shape index (κ1) is 15.3. The van der Waals surface area contributed by atoms with Crippen molar-refractivity contribution in [2.24, 2.45) is 0 Å². The van der Waals surface area contributed by atoms with Gasteiger partial charge in [-0.15, -0.1) is 0 Å². The highest BCUT2D eigenvalue weighted by atomic mass is 32.2. The van der Waals surface area contributed by atoms with Crippen LogP contribution in [0.4, 0.5) is 0 Å². The van der Waals surface area contributed by atoms with E-state index in [0.717, 1.165) is 10.9 Å². The van der Waals surface area contributed by atoms with Gasteiger partial charge in [0.25, 0.3) is 0 Å². The number of nitriles is 1. The lowest BCUT2D eigenvalue weighted by molar-refractivity contribution is -0.151. The third-order valence-electron chi connectivity index (χ3n) is 2.56. The monoisotopic (exact) mass is 300 g/mol. The number of hydrogen-bond acceptors (Lipinski definition) is 5. The van der Waals surface area contributed by atoms with E-state index in [1.165, 1.54) is 11.8 Å². The highest BCUT2D eigenvalue weighted by Crippen LogP contribution is 2.25. The van der Waals surface area contributed by atoms with Gasteiger partial charge >= 0.3 is 5.97 Å². The molecule has 2 rings (SSSR count). The van der Waals surface area contributed by atoms with Crippen LogP contribution in [0.25, 0.3) is 10.9 Å². The summed E-state index contributed by atoms with van der Waals surface area (Å²) in [6.45, 7) is 5.47. The Balaban J connectivity index is 2.18. The molecule has 0 saturated carbocycles. The van der Waals surface area contributed by atoms with Crippen molar-refractivity contribution >= 4 is 28.6 Å². The molecule has 1 heterocycles. The summed E-state index contributed by atoms with van der Waals surface area (Å²) in [5.41, 5.74) is 0.775. The van der Waals surface area contributed by atoms with Crippen LogP contribution in [0, 0.1) is 11.3 Å². The number of pyridine rings is 1. The fourth-order valence-corrected chi connectivity index (χ4v) is 2.52. The van der Waals surface area contributed by atoms with Crippen LogP contribution in [-0.2, 0) is 9.53 Å². The lowest BCUT2D eigenvalue weighted by Crippen LogP contribution is -2.24. The molecule has 4 nitrogen and oxygen atoms in total. The zero-order valence-corrected chi connectivity index (χ0v) is 13.0. The van der Waals surface area contributed by atoms with Crippen LogP contribution >= 0.6 is 11.8 Å². The van der Waals surface area contributed by atoms with Gasteiger partial charge in [-0.1, -0.05) is 30.0 Å². The van der Waals surface area contributed by atoms with E-state index in [0.29, 0.717) is 10.6 Å². The predicted molar refractivity (Wildman–Crippen MR) is 83.0 cm³/mol. The van der Waals surface area contributed by atoms with E-state index in [9.17, 15) is 10.1 Å². The quantitative estimate of drug-likeness (QED) is 0.641. The van der Waals surface area contributed by atoms with Gasteiger partial charge in [-0.3, -0.25) is 4.79 Å². The van der Waals surface area contributed by atoms with Gasteiger partial charge in [-0.2, -0.15) is 5.26 Å². The number of carbonyl (C=O) groups excluding carboxylic acids is 1. The normalized spacial score (nSPS) is 11.1. The molecule has 5 heteroatoms. The van der Waals surface area contributed by atoms with Gasteiger partial charge in [0, 0.05) is 5.39 Å². The summed E-state index contributed by atoms with van der Waals surface area (Å²) < 4.78 is 5.25. The summed E-state index contributed by atoms with van der Waals surface area (Å²) >= 11 is 1.23. The van der Waals surface area contributed by atoms with Crippen LogP contribution in [0.15, 0.2) is 35.4 Å². The van der Waals surface area contributed by atoms with E-state index >= 15 is 0 Å². The maximum absolute atomic E-state index is 11.7. The van der Waals surface area contributed by atoms with Crippen molar-refractivity contribution in [1.82, 2.24) is 4.98 Å². The Kier molecular flexibility index (Phi) is 4.49. The van der Waals surface area contributed by atoms with Gasteiger partial charge < -0.3 is 4.74 Å². The number of ether oxygens (including phenoxy) is 1. The highest BCUT2D eigenvalue weighted by Gasteiger charge is 2.17. The molecule has 0 aliphatic carbocycles. The van der Waals surface area contributed by atoms with Crippen molar-refractivity contribution in [3.8, 4) is 6.07 Å². The molecule has 1 aromatic carbocycles. The van der Waals surface area contributed by atoms with Crippen molar-refractivity contribution in [3.63, 3.8) is 0 Å². The first-order valence-electron chi connectivity index (χ1n) is 6.53. The molecule has 0 spiro atoms. The molecule has 2 aromatic rings. The number of rotatable bonds is 3. The fourth-order valence-electron chi connectivity index (χ4n) is 1.79. The maximum atomic E-state index is 11.7. The Morgan fingerprint density at radius 1 is 1.38 bits per heavy atom. The van der Waals surface area contributed by atoms with Crippen LogP contribution in [-0.4, -0.2) is 22.3 Å². The van der Waals surface area contributed by atoms with E-state index in [1.54, 1.807) is 6.07 Å². The SMILES string of the molecule is CC(C)(C)OC(=O)CSc1nc2ccccc2cc1C#N. The number of aromatic nitrogens is 1. The van der Waals surface area contributed by atoms with Gasteiger partial charge in [0.05, 0.1) is 16.8 Å². The summed E-state index contributed by atoms with van der Waals surface area (Å²) in [6, 6.07) is 11.5. The lowest BCUT2D eigenvalue weighted by Gasteiger charge is -2.19. The van der Waals surface area contributed by atoms with Crippen molar-refractivity contribution in [1.29, 1.82) is 5.26 Å². The average Bonchev–Trinajstić information content (AvgIpc) is 2.42. The largest absolute Gasteiger partial charge is 0.459 e. The van der Waals surface area contributed by atoms with Gasteiger partial charge in [-0.05, 0) is 32.9 Å². The summed E-state index contributed by atoms with van der Waals surface area (Å²) in [7, 11) is 0. The molecule has 0 amide bonds. The van der Waals surface area contributed by atoms with E-state index in [4.69, 9.17) is 4.74 Å². The molecule has 0 aliphatic heterocycles. The number of thioether (sulfide) groups is 1. The zero-order chi connectivity index (χ0) is 15.5. The lowest BCUT2D eigenvalue weighted by atomic mass is 10.2. The minimum absolute atomic E-state index is 0.136. The molecule has 0 bridgehead atoms. The van der Waals surface area contributed by atoms with E-state index < -0.39 is 5.60 Å². The van der Waals surface area contributed by atoms with E-state index in [1.807, 2.05) is 45.0 Å². The van der Waals surface area contributed by atoms with Crippen molar-refractivity contribution in [2.45, 2.75) is 31.4 Å². The van der Waals surface area contributed by atoms with E-state index in [2.05, 4.69) is 11.1 Å². The molecule has 0 aliphatic rings. The van der Waals surface area contributed by atoms with Gasteiger partial charge in [0.15, 0.2) is 0 Å². The molecule has 1 aromatic heterocycles. The molecule has 0 saturated heterocycles. The number of benzene rings is 1. The minimum atomic E-state index is -0.507. The minimum Gasteiger partial charge on any atom is -0.459 e. The summed E-state index contributed by atoms with van der Waals surface area (Å²) in [4.78, 5) is 16.2. The molecule has 108 valence electrons. The molecule has 0 radical (unpaired) electrons. The van der Waals surface area contributed by atoms with Crippen LogP contribution in [0.1, 0.15) is 26.3 Å². The average molecular weight is 300 g/mol. The molecular weight excluding hydrogens is 284 g/mol. The highest BCUT2D eigenvalue weighted by molar-refractivity contribution is 7.99. The Bertz CT molecular complexity index is 714. The van der Waals surface area contributed by atoms with Gasteiger partial charge in [0.1, 0.15) is 16.7 Å². The number of carbonyl (C=O) groups is 1. The first-order valence-corrected chi connectivity index (χ1v) is 7.52. The third kappa shape index (κ3) is 4.20. The van der Waals surface area contributed by atoms with Crippen molar-refractivity contribution in [2.75, 3.05) is 5.75 Å². The number of fused-ring (bicyclic) bond motifs is 1. The molecule has 0 N–H and O–H groups in total. The number of esters is 1. The zero-order valence-electron chi connectivity index (χ0n) is 12.2. The number of para-hydroxylation sites is 1. The Morgan fingerprint density at radius 3 is 2.76 bits per heavy atom. The number of nitrogens with zero attached hydrogens (tertiary/aromatic N) is 2. The van der Waals surface area contributed by atoms with Crippen LogP contribution < -0.4 is 0 Å². The predicted octanol–water partition coefficient (Wildman–Crippen LogP) is 3.54. The van der Waals surface area contributed by atoms with Gasteiger partial charge in [-0.25, -0.2) is 4.98 Å². The van der Waals surface area contributed by atoms with E-state index in [-0.39, 0.29) is 11.7 Å². The Hall–Kier alpha value is -2.06. The first-order chi connectivity index (χ1) is 9.89.